The maximum absolute atomic E-state index is 4.47. The highest BCUT2D eigenvalue weighted by Crippen LogP contribution is 2.19. The number of aryl methyl sites for hydroxylation is 1. The van der Waals surface area contributed by atoms with Crippen molar-refractivity contribution in [3.8, 4) is 0 Å². The van der Waals surface area contributed by atoms with Crippen LogP contribution in [0.2, 0.25) is 0 Å². The van der Waals surface area contributed by atoms with Crippen LogP contribution in [-0.4, -0.2) is 14.8 Å². The molecule has 3 nitrogen and oxygen atoms in total. The molecular weight excluding hydrogens is 162 g/mol. The van der Waals surface area contributed by atoms with E-state index >= 15 is 0 Å². The van der Waals surface area contributed by atoms with E-state index in [2.05, 4.69) is 23.9 Å². The molecule has 2 rings (SSSR count). The van der Waals surface area contributed by atoms with E-state index in [4.69, 9.17) is 0 Å². The minimum absolute atomic E-state index is 0.401. The third-order valence-corrected chi connectivity index (χ3v) is 2.18. The third kappa shape index (κ3) is 1.20. The molecule has 0 aliphatic heterocycles. The van der Waals surface area contributed by atoms with Crippen LogP contribution in [0.15, 0.2) is 18.5 Å². The van der Waals surface area contributed by atoms with Gasteiger partial charge >= 0.3 is 0 Å². The van der Waals surface area contributed by atoms with E-state index < -0.39 is 0 Å². The summed E-state index contributed by atoms with van der Waals surface area (Å²) in [6.07, 6.45) is 3.68. The Balaban J connectivity index is 2.78. The average Bonchev–Trinajstić information content (AvgIpc) is 2.45. The van der Waals surface area contributed by atoms with Crippen molar-refractivity contribution in [1.82, 2.24) is 14.8 Å². The van der Waals surface area contributed by atoms with Crippen LogP contribution in [0.4, 0.5) is 0 Å². The van der Waals surface area contributed by atoms with Crippen LogP contribution >= 0.6 is 0 Å². The number of hydrogen-bond acceptors (Lipinski definition) is 2. The number of pyridine rings is 1. The zero-order valence-corrected chi connectivity index (χ0v) is 8.15. The number of hydrogen-bond donors (Lipinski definition) is 0. The maximum atomic E-state index is 4.47. The molecule has 0 atom stereocenters. The Morgan fingerprint density at radius 3 is 2.85 bits per heavy atom. The molecule has 2 aromatic rings. The first-order valence-electron chi connectivity index (χ1n) is 4.49. The van der Waals surface area contributed by atoms with Crippen LogP contribution in [0.3, 0.4) is 0 Å². The van der Waals surface area contributed by atoms with E-state index in [-0.39, 0.29) is 0 Å². The summed E-state index contributed by atoms with van der Waals surface area (Å²) in [5.74, 6) is 0. The first-order chi connectivity index (χ1) is 6.20. The Morgan fingerprint density at radius 1 is 1.38 bits per heavy atom. The lowest BCUT2D eigenvalue weighted by Gasteiger charge is -2.05. The van der Waals surface area contributed by atoms with Crippen molar-refractivity contribution >= 4 is 10.9 Å². The molecule has 0 amide bonds. The average molecular weight is 175 g/mol. The summed E-state index contributed by atoms with van der Waals surface area (Å²) in [6.45, 7) is 6.28. The molecule has 3 heteroatoms. The van der Waals surface area contributed by atoms with E-state index in [1.807, 2.05) is 30.1 Å². The molecule has 0 saturated heterocycles. The van der Waals surface area contributed by atoms with Gasteiger partial charge < -0.3 is 0 Å². The first kappa shape index (κ1) is 8.23. The lowest BCUT2D eigenvalue weighted by Crippen LogP contribution is -2.02. The van der Waals surface area contributed by atoms with E-state index in [0.29, 0.717) is 6.04 Å². The smallest absolute Gasteiger partial charge is 0.0719 e. The van der Waals surface area contributed by atoms with Gasteiger partial charge in [-0.3, -0.25) is 9.67 Å². The fourth-order valence-corrected chi connectivity index (χ4v) is 1.53. The van der Waals surface area contributed by atoms with Crippen molar-refractivity contribution in [3.63, 3.8) is 0 Å². The standard InChI is InChI=1S/C10H13N3/c1-7(2)13-10-4-5-11-6-9(10)8(3)12-13/h4-7H,1-3H3. The number of fused-ring (bicyclic) bond motifs is 1. The van der Waals surface area contributed by atoms with Crippen LogP contribution < -0.4 is 0 Å². The second kappa shape index (κ2) is 2.83. The highest BCUT2D eigenvalue weighted by molar-refractivity contribution is 5.80. The molecule has 0 fully saturated rings. The Bertz CT molecular complexity index is 429. The highest BCUT2D eigenvalue weighted by atomic mass is 15.3. The van der Waals surface area contributed by atoms with Gasteiger partial charge in [0.05, 0.1) is 11.2 Å². The van der Waals surface area contributed by atoms with Crippen LogP contribution in [0, 0.1) is 6.92 Å². The Morgan fingerprint density at radius 2 is 2.15 bits per heavy atom. The van der Waals surface area contributed by atoms with Gasteiger partial charge in [0.2, 0.25) is 0 Å². The van der Waals surface area contributed by atoms with Gasteiger partial charge in [-0.1, -0.05) is 0 Å². The quantitative estimate of drug-likeness (QED) is 0.666. The molecular formula is C10H13N3. The summed E-state index contributed by atoms with van der Waals surface area (Å²) in [6, 6.07) is 2.41. The molecule has 0 spiro atoms. The van der Waals surface area contributed by atoms with E-state index in [9.17, 15) is 0 Å². The topological polar surface area (TPSA) is 30.7 Å². The molecule has 0 unspecified atom stereocenters. The van der Waals surface area contributed by atoms with Gasteiger partial charge in [-0.05, 0) is 26.8 Å². The predicted molar refractivity (Wildman–Crippen MR) is 52.7 cm³/mol. The number of nitrogens with zero attached hydrogens (tertiary/aromatic N) is 3. The number of rotatable bonds is 1. The molecule has 2 aromatic heterocycles. The van der Waals surface area contributed by atoms with Gasteiger partial charge in [-0.25, -0.2) is 0 Å². The van der Waals surface area contributed by atoms with Gasteiger partial charge in [-0.15, -0.1) is 0 Å². The van der Waals surface area contributed by atoms with Crippen molar-refractivity contribution in [2.45, 2.75) is 26.8 Å². The molecule has 0 aromatic carbocycles. The van der Waals surface area contributed by atoms with Gasteiger partial charge in [-0.2, -0.15) is 5.10 Å². The SMILES string of the molecule is Cc1nn(C(C)C)c2ccncc12. The fraction of sp³-hybridized carbons (Fsp3) is 0.400. The lowest BCUT2D eigenvalue weighted by molar-refractivity contribution is 0.547. The van der Waals surface area contributed by atoms with E-state index in [1.165, 1.54) is 5.52 Å². The summed E-state index contributed by atoms with van der Waals surface area (Å²) in [4.78, 5) is 4.09. The van der Waals surface area contributed by atoms with Gasteiger partial charge in [0.1, 0.15) is 0 Å². The molecule has 0 radical (unpaired) electrons. The second-order valence-electron chi connectivity index (χ2n) is 3.52. The Hall–Kier alpha value is -1.38. The van der Waals surface area contributed by atoms with Gasteiger partial charge in [0.25, 0.3) is 0 Å². The van der Waals surface area contributed by atoms with E-state index in [0.717, 1.165) is 11.1 Å². The molecule has 13 heavy (non-hydrogen) atoms. The summed E-state index contributed by atoms with van der Waals surface area (Å²) in [7, 11) is 0. The van der Waals surface area contributed by atoms with Crippen molar-refractivity contribution in [1.29, 1.82) is 0 Å². The molecule has 2 heterocycles. The van der Waals surface area contributed by atoms with Gasteiger partial charge in [0.15, 0.2) is 0 Å². The molecule has 68 valence electrons. The summed E-state index contributed by atoms with van der Waals surface area (Å²) in [5, 5.41) is 5.62. The van der Waals surface area contributed by atoms with Crippen molar-refractivity contribution in [2.24, 2.45) is 0 Å². The molecule has 0 saturated carbocycles. The highest BCUT2D eigenvalue weighted by Gasteiger charge is 2.08. The molecule has 0 N–H and O–H groups in total. The summed E-state index contributed by atoms with van der Waals surface area (Å²) >= 11 is 0. The normalized spacial score (nSPS) is 11.4. The van der Waals surface area contributed by atoms with Crippen molar-refractivity contribution in [2.75, 3.05) is 0 Å². The van der Waals surface area contributed by atoms with Crippen LogP contribution in [0.5, 0.6) is 0 Å². The van der Waals surface area contributed by atoms with Crippen LogP contribution in [0.1, 0.15) is 25.6 Å². The number of aromatic nitrogens is 3. The zero-order chi connectivity index (χ0) is 9.42. The minimum Gasteiger partial charge on any atom is -0.264 e. The monoisotopic (exact) mass is 175 g/mol. The van der Waals surface area contributed by atoms with Gasteiger partial charge in [0, 0.05) is 23.8 Å². The van der Waals surface area contributed by atoms with Crippen LogP contribution in [-0.2, 0) is 0 Å². The predicted octanol–water partition coefficient (Wildman–Crippen LogP) is 2.32. The lowest BCUT2D eigenvalue weighted by atomic mass is 10.2. The summed E-state index contributed by atoms with van der Waals surface area (Å²) < 4.78 is 2.03. The molecule has 0 aliphatic rings. The fourth-order valence-electron chi connectivity index (χ4n) is 1.53. The molecule has 0 aliphatic carbocycles. The minimum atomic E-state index is 0.401. The zero-order valence-electron chi connectivity index (χ0n) is 8.15. The third-order valence-electron chi connectivity index (χ3n) is 2.18. The van der Waals surface area contributed by atoms with E-state index in [1.54, 1.807) is 0 Å². The first-order valence-corrected chi connectivity index (χ1v) is 4.49. The largest absolute Gasteiger partial charge is 0.264 e. The summed E-state index contributed by atoms with van der Waals surface area (Å²) in [5.41, 5.74) is 2.22. The van der Waals surface area contributed by atoms with Crippen molar-refractivity contribution in [3.05, 3.63) is 24.2 Å². The second-order valence-corrected chi connectivity index (χ2v) is 3.52. The van der Waals surface area contributed by atoms with Crippen LogP contribution in [0.25, 0.3) is 10.9 Å². The maximum Gasteiger partial charge on any atom is 0.0719 e. The Kier molecular flexibility index (Phi) is 1.79. The molecule has 0 bridgehead atoms. The Labute approximate surface area is 77.4 Å². The van der Waals surface area contributed by atoms with Crippen molar-refractivity contribution < 1.29 is 0 Å².